The van der Waals surface area contributed by atoms with E-state index in [0.29, 0.717) is 0 Å². The van der Waals surface area contributed by atoms with Crippen LogP contribution in [0.25, 0.3) is 32.7 Å². The van der Waals surface area contributed by atoms with E-state index in [-0.39, 0.29) is 0 Å². The molecule has 0 aliphatic rings. The summed E-state index contributed by atoms with van der Waals surface area (Å²) in [5.41, 5.74) is 4.82. The van der Waals surface area contributed by atoms with Crippen LogP contribution >= 0.6 is 11.8 Å². The van der Waals surface area contributed by atoms with Crippen molar-refractivity contribution >= 4 is 44.7 Å². The SMILES string of the molecule is CSc1ccc2ccccc2c1-c1ccc(Nc2ccccc2)c2ccccc12. The number of anilines is 2. The van der Waals surface area contributed by atoms with Gasteiger partial charge in [-0.05, 0) is 52.2 Å². The number of hydrogen-bond acceptors (Lipinski definition) is 2. The number of hydrogen-bond donors (Lipinski definition) is 1. The Morgan fingerprint density at radius 3 is 2.07 bits per heavy atom. The third-order valence-corrected chi connectivity index (χ3v) is 6.14. The summed E-state index contributed by atoms with van der Waals surface area (Å²) in [6.45, 7) is 0. The molecule has 1 N–H and O–H groups in total. The van der Waals surface area contributed by atoms with Crippen molar-refractivity contribution in [3.8, 4) is 11.1 Å². The van der Waals surface area contributed by atoms with E-state index in [1.807, 2.05) is 6.07 Å². The molecule has 0 atom stereocenters. The maximum atomic E-state index is 3.59. The molecule has 29 heavy (non-hydrogen) atoms. The number of thioether (sulfide) groups is 1. The van der Waals surface area contributed by atoms with Crippen LogP contribution < -0.4 is 5.32 Å². The lowest BCUT2D eigenvalue weighted by Gasteiger charge is -2.17. The molecular weight excluding hydrogens is 370 g/mol. The fourth-order valence-corrected chi connectivity index (χ4v) is 4.63. The first-order valence-electron chi connectivity index (χ1n) is 9.75. The second kappa shape index (κ2) is 7.65. The van der Waals surface area contributed by atoms with Crippen LogP contribution in [-0.2, 0) is 0 Å². The molecule has 0 aliphatic heterocycles. The van der Waals surface area contributed by atoms with Gasteiger partial charge in [0.2, 0.25) is 0 Å². The van der Waals surface area contributed by atoms with Crippen molar-refractivity contribution in [1.82, 2.24) is 0 Å². The molecule has 5 aromatic rings. The molecule has 0 radical (unpaired) electrons. The van der Waals surface area contributed by atoms with Crippen molar-refractivity contribution in [3.05, 3.63) is 103 Å². The molecule has 5 aromatic carbocycles. The molecule has 0 spiro atoms. The van der Waals surface area contributed by atoms with Gasteiger partial charge in [0, 0.05) is 27.2 Å². The largest absolute Gasteiger partial charge is 0.355 e. The minimum Gasteiger partial charge on any atom is -0.355 e. The molecule has 0 fully saturated rings. The number of nitrogens with one attached hydrogen (secondary N) is 1. The van der Waals surface area contributed by atoms with Crippen LogP contribution in [0, 0.1) is 0 Å². The van der Waals surface area contributed by atoms with Crippen molar-refractivity contribution in [1.29, 1.82) is 0 Å². The Balaban J connectivity index is 1.76. The lowest BCUT2D eigenvalue weighted by atomic mass is 9.93. The molecule has 0 amide bonds. The molecule has 0 heterocycles. The fourth-order valence-electron chi connectivity index (χ4n) is 4.00. The smallest absolute Gasteiger partial charge is 0.0464 e. The first-order chi connectivity index (χ1) is 14.3. The average molecular weight is 392 g/mol. The minimum atomic E-state index is 1.10. The van der Waals surface area contributed by atoms with Crippen LogP contribution in [0.15, 0.2) is 108 Å². The zero-order chi connectivity index (χ0) is 19.6. The van der Waals surface area contributed by atoms with E-state index in [9.17, 15) is 0 Å². The third-order valence-electron chi connectivity index (χ3n) is 5.36. The highest BCUT2D eigenvalue weighted by atomic mass is 32.2. The van der Waals surface area contributed by atoms with Crippen molar-refractivity contribution < 1.29 is 0 Å². The van der Waals surface area contributed by atoms with E-state index >= 15 is 0 Å². The van der Waals surface area contributed by atoms with Crippen molar-refractivity contribution in [2.24, 2.45) is 0 Å². The number of fused-ring (bicyclic) bond motifs is 2. The highest BCUT2D eigenvalue weighted by molar-refractivity contribution is 7.98. The molecule has 0 bridgehead atoms. The second-order valence-electron chi connectivity index (χ2n) is 7.06. The minimum absolute atomic E-state index is 1.10. The van der Waals surface area contributed by atoms with Gasteiger partial charge in [-0.1, -0.05) is 78.9 Å². The summed E-state index contributed by atoms with van der Waals surface area (Å²) in [6.07, 6.45) is 2.15. The summed E-state index contributed by atoms with van der Waals surface area (Å²) >= 11 is 1.80. The van der Waals surface area contributed by atoms with Crippen LogP contribution in [0.1, 0.15) is 0 Å². The van der Waals surface area contributed by atoms with E-state index in [0.717, 1.165) is 11.4 Å². The van der Waals surface area contributed by atoms with Crippen molar-refractivity contribution in [3.63, 3.8) is 0 Å². The predicted molar refractivity (Wildman–Crippen MR) is 128 cm³/mol. The Morgan fingerprint density at radius 1 is 0.586 bits per heavy atom. The summed E-state index contributed by atoms with van der Waals surface area (Å²) in [6, 6.07) is 36.6. The lowest BCUT2D eigenvalue weighted by molar-refractivity contribution is 1.49. The van der Waals surface area contributed by atoms with Gasteiger partial charge in [0.25, 0.3) is 0 Å². The topological polar surface area (TPSA) is 12.0 Å². The number of para-hydroxylation sites is 1. The standard InChI is InChI=1S/C27H21NS/c1-29-26-18-15-19-9-5-6-12-21(19)27(26)24-16-17-25(23-14-8-7-13-22(23)24)28-20-10-3-2-4-11-20/h2-18,28H,1H3. The molecule has 0 unspecified atom stereocenters. The summed E-state index contributed by atoms with van der Waals surface area (Å²) in [4.78, 5) is 1.30. The number of benzene rings is 5. The zero-order valence-corrected chi connectivity index (χ0v) is 17.0. The summed E-state index contributed by atoms with van der Waals surface area (Å²) in [5.74, 6) is 0. The summed E-state index contributed by atoms with van der Waals surface area (Å²) in [7, 11) is 0. The monoisotopic (exact) mass is 391 g/mol. The molecule has 140 valence electrons. The molecule has 2 heteroatoms. The Bertz CT molecular complexity index is 1310. The van der Waals surface area contributed by atoms with E-state index in [4.69, 9.17) is 0 Å². The van der Waals surface area contributed by atoms with Crippen molar-refractivity contribution in [2.45, 2.75) is 4.90 Å². The first kappa shape index (κ1) is 17.8. The van der Waals surface area contributed by atoms with E-state index in [1.165, 1.54) is 37.6 Å². The molecule has 1 nitrogen and oxygen atoms in total. The second-order valence-corrected chi connectivity index (χ2v) is 7.91. The highest BCUT2D eigenvalue weighted by Crippen LogP contribution is 2.42. The van der Waals surface area contributed by atoms with Gasteiger partial charge in [0.1, 0.15) is 0 Å². The van der Waals surface area contributed by atoms with Gasteiger partial charge in [0.05, 0.1) is 0 Å². The quantitative estimate of drug-likeness (QED) is 0.310. The molecule has 0 saturated heterocycles. The molecule has 0 aliphatic carbocycles. The first-order valence-corrected chi connectivity index (χ1v) is 11.0. The van der Waals surface area contributed by atoms with Crippen LogP contribution in [0.5, 0.6) is 0 Å². The summed E-state index contributed by atoms with van der Waals surface area (Å²) in [5, 5.41) is 8.65. The van der Waals surface area contributed by atoms with E-state index < -0.39 is 0 Å². The third kappa shape index (κ3) is 3.26. The lowest BCUT2D eigenvalue weighted by Crippen LogP contribution is -1.93. The Labute approximate surface area is 175 Å². The van der Waals surface area contributed by atoms with Crippen LogP contribution in [0.3, 0.4) is 0 Å². The van der Waals surface area contributed by atoms with Gasteiger partial charge in [-0.2, -0.15) is 0 Å². The molecule has 5 rings (SSSR count). The van der Waals surface area contributed by atoms with Crippen LogP contribution in [0.2, 0.25) is 0 Å². The van der Waals surface area contributed by atoms with E-state index in [1.54, 1.807) is 11.8 Å². The normalized spacial score (nSPS) is 11.1. The fraction of sp³-hybridized carbons (Fsp3) is 0.0370. The average Bonchev–Trinajstić information content (AvgIpc) is 2.79. The summed E-state index contributed by atoms with van der Waals surface area (Å²) < 4.78 is 0. The van der Waals surface area contributed by atoms with Gasteiger partial charge in [-0.15, -0.1) is 11.8 Å². The predicted octanol–water partition coefficient (Wildman–Crippen LogP) is 8.13. The van der Waals surface area contributed by atoms with Gasteiger partial charge in [-0.25, -0.2) is 0 Å². The van der Waals surface area contributed by atoms with Crippen LogP contribution in [-0.4, -0.2) is 6.26 Å². The molecule has 0 aromatic heterocycles. The maximum absolute atomic E-state index is 3.59. The molecule has 0 saturated carbocycles. The van der Waals surface area contributed by atoms with Gasteiger partial charge in [0.15, 0.2) is 0 Å². The van der Waals surface area contributed by atoms with Gasteiger partial charge in [-0.3, -0.25) is 0 Å². The Kier molecular flexibility index (Phi) is 4.71. The maximum Gasteiger partial charge on any atom is 0.0464 e. The van der Waals surface area contributed by atoms with Gasteiger partial charge >= 0.3 is 0 Å². The van der Waals surface area contributed by atoms with Crippen LogP contribution in [0.4, 0.5) is 11.4 Å². The molecular formula is C27H21NS. The zero-order valence-electron chi connectivity index (χ0n) is 16.2. The van der Waals surface area contributed by atoms with E-state index in [2.05, 4.69) is 109 Å². The number of rotatable bonds is 4. The Hall–Kier alpha value is -3.23. The van der Waals surface area contributed by atoms with Gasteiger partial charge < -0.3 is 5.32 Å². The van der Waals surface area contributed by atoms with Crippen molar-refractivity contribution in [2.75, 3.05) is 11.6 Å². The Morgan fingerprint density at radius 2 is 1.28 bits per heavy atom. The highest BCUT2D eigenvalue weighted by Gasteiger charge is 2.14.